The van der Waals surface area contributed by atoms with E-state index in [1.54, 1.807) is 18.9 Å². The van der Waals surface area contributed by atoms with Crippen molar-refractivity contribution in [3.05, 3.63) is 23.8 Å². The molecule has 96 valence electrons. The van der Waals surface area contributed by atoms with Crippen LogP contribution in [0.1, 0.15) is 25.3 Å². The predicted molar refractivity (Wildman–Crippen MR) is 69.9 cm³/mol. The minimum atomic E-state index is -0.405. The van der Waals surface area contributed by atoms with E-state index in [0.717, 1.165) is 24.3 Å². The number of anilines is 1. The van der Waals surface area contributed by atoms with E-state index < -0.39 is 6.10 Å². The maximum atomic E-state index is 11.9. The van der Waals surface area contributed by atoms with E-state index in [9.17, 15) is 4.79 Å². The number of ether oxygens (including phenoxy) is 1. The molecule has 18 heavy (non-hydrogen) atoms. The van der Waals surface area contributed by atoms with Crippen LogP contribution in [-0.2, 0) is 10.2 Å². The predicted octanol–water partition coefficient (Wildman–Crippen LogP) is 1.42. The third-order valence-corrected chi connectivity index (χ3v) is 4.16. The van der Waals surface area contributed by atoms with E-state index >= 15 is 0 Å². The maximum absolute atomic E-state index is 11.9. The fourth-order valence-corrected chi connectivity index (χ4v) is 2.60. The number of hydrogen-bond donors (Lipinski definition) is 1. The first-order valence-electron chi connectivity index (χ1n) is 6.36. The molecule has 4 heteroatoms. The molecule has 3 rings (SSSR count). The molecule has 1 amide bonds. The molecule has 1 fully saturated rings. The zero-order valence-corrected chi connectivity index (χ0v) is 10.8. The van der Waals surface area contributed by atoms with Gasteiger partial charge in [-0.3, -0.25) is 4.79 Å². The van der Waals surface area contributed by atoms with Gasteiger partial charge in [-0.15, -0.1) is 0 Å². The van der Waals surface area contributed by atoms with E-state index in [0.29, 0.717) is 6.54 Å². The van der Waals surface area contributed by atoms with Gasteiger partial charge in [-0.25, -0.2) is 0 Å². The number of fused-ring (bicyclic) bond motifs is 1. The number of rotatable bonds is 2. The highest BCUT2D eigenvalue weighted by molar-refractivity contribution is 5.99. The van der Waals surface area contributed by atoms with Crippen molar-refractivity contribution < 1.29 is 9.53 Å². The SMILES string of the molecule is CC1Oc2ccc(C3(CN)CC3)cc2N(C)C1=O. The molecule has 2 N–H and O–H groups in total. The van der Waals surface area contributed by atoms with Crippen molar-refractivity contribution in [3.63, 3.8) is 0 Å². The fourth-order valence-electron chi connectivity index (χ4n) is 2.60. The first-order valence-corrected chi connectivity index (χ1v) is 6.36. The van der Waals surface area contributed by atoms with Crippen LogP contribution in [0.3, 0.4) is 0 Å². The Morgan fingerprint density at radius 3 is 2.83 bits per heavy atom. The molecule has 0 spiro atoms. The van der Waals surface area contributed by atoms with Crippen molar-refractivity contribution in [2.45, 2.75) is 31.3 Å². The Balaban J connectivity index is 2.03. The van der Waals surface area contributed by atoms with Gasteiger partial charge in [0.05, 0.1) is 5.69 Å². The zero-order chi connectivity index (χ0) is 12.9. The molecule has 1 aromatic carbocycles. The van der Waals surface area contributed by atoms with Crippen LogP contribution in [-0.4, -0.2) is 25.6 Å². The van der Waals surface area contributed by atoms with Gasteiger partial charge in [0, 0.05) is 19.0 Å². The van der Waals surface area contributed by atoms with Gasteiger partial charge in [0.2, 0.25) is 0 Å². The third-order valence-electron chi connectivity index (χ3n) is 4.16. The molecule has 1 saturated carbocycles. The van der Waals surface area contributed by atoms with Crippen molar-refractivity contribution in [2.75, 3.05) is 18.5 Å². The lowest BCUT2D eigenvalue weighted by Gasteiger charge is -2.31. The summed E-state index contributed by atoms with van der Waals surface area (Å²) in [6.07, 6.45) is 1.87. The Morgan fingerprint density at radius 1 is 1.50 bits per heavy atom. The van der Waals surface area contributed by atoms with E-state index in [2.05, 4.69) is 12.1 Å². The topological polar surface area (TPSA) is 55.6 Å². The van der Waals surface area contributed by atoms with Crippen molar-refractivity contribution >= 4 is 11.6 Å². The van der Waals surface area contributed by atoms with E-state index in [1.165, 1.54) is 5.56 Å². The third kappa shape index (κ3) is 1.52. The molecule has 2 aliphatic rings. The molecule has 0 radical (unpaired) electrons. The highest BCUT2D eigenvalue weighted by Gasteiger charge is 2.43. The van der Waals surface area contributed by atoms with Crippen molar-refractivity contribution in [1.29, 1.82) is 0 Å². The van der Waals surface area contributed by atoms with Crippen LogP contribution in [0.25, 0.3) is 0 Å². The van der Waals surface area contributed by atoms with Crippen molar-refractivity contribution in [2.24, 2.45) is 5.73 Å². The number of benzene rings is 1. The molecule has 1 heterocycles. The largest absolute Gasteiger partial charge is 0.479 e. The Hall–Kier alpha value is -1.55. The van der Waals surface area contributed by atoms with Gasteiger partial charge < -0.3 is 15.4 Å². The summed E-state index contributed by atoms with van der Waals surface area (Å²) >= 11 is 0. The summed E-state index contributed by atoms with van der Waals surface area (Å²) in [6, 6.07) is 6.09. The fraction of sp³-hybridized carbons (Fsp3) is 0.500. The minimum Gasteiger partial charge on any atom is -0.479 e. The van der Waals surface area contributed by atoms with Crippen LogP contribution in [0.4, 0.5) is 5.69 Å². The van der Waals surface area contributed by atoms with Crippen LogP contribution < -0.4 is 15.4 Å². The summed E-state index contributed by atoms with van der Waals surface area (Å²) < 4.78 is 5.61. The highest BCUT2D eigenvalue weighted by atomic mass is 16.5. The molecule has 0 aromatic heterocycles. The lowest BCUT2D eigenvalue weighted by Crippen LogP contribution is -2.42. The average molecular weight is 246 g/mol. The van der Waals surface area contributed by atoms with Gasteiger partial charge in [0.1, 0.15) is 5.75 Å². The van der Waals surface area contributed by atoms with Gasteiger partial charge in [0.15, 0.2) is 6.10 Å². The van der Waals surface area contributed by atoms with Gasteiger partial charge >= 0.3 is 0 Å². The second-order valence-electron chi connectivity index (χ2n) is 5.32. The number of nitrogens with two attached hydrogens (primary N) is 1. The molecule has 4 nitrogen and oxygen atoms in total. The summed E-state index contributed by atoms with van der Waals surface area (Å²) in [7, 11) is 1.80. The van der Waals surface area contributed by atoms with Crippen LogP contribution in [0.15, 0.2) is 18.2 Å². The Kier molecular flexibility index (Phi) is 2.38. The molecule has 0 bridgehead atoms. The number of hydrogen-bond acceptors (Lipinski definition) is 3. The first-order chi connectivity index (χ1) is 8.57. The van der Waals surface area contributed by atoms with Crippen molar-refractivity contribution in [1.82, 2.24) is 0 Å². The number of amides is 1. The molecular formula is C14H18N2O2. The van der Waals surface area contributed by atoms with Crippen LogP contribution >= 0.6 is 0 Å². The normalized spacial score (nSPS) is 24.5. The van der Waals surface area contributed by atoms with Crippen LogP contribution in [0.2, 0.25) is 0 Å². The van der Waals surface area contributed by atoms with E-state index in [1.807, 2.05) is 6.07 Å². The van der Waals surface area contributed by atoms with Gasteiger partial charge in [-0.1, -0.05) is 6.07 Å². The number of carbonyl (C=O) groups is 1. The Bertz CT molecular complexity index is 509. The van der Waals surface area contributed by atoms with Crippen LogP contribution in [0.5, 0.6) is 5.75 Å². The van der Waals surface area contributed by atoms with Gasteiger partial charge in [0.25, 0.3) is 5.91 Å². The summed E-state index contributed by atoms with van der Waals surface area (Å²) in [5, 5.41) is 0. The smallest absolute Gasteiger partial charge is 0.267 e. The second-order valence-corrected chi connectivity index (χ2v) is 5.32. The lowest BCUT2D eigenvalue weighted by molar-refractivity contribution is -0.125. The van der Waals surface area contributed by atoms with E-state index in [4.69, 9.17) is 10.5 Å². The first kappa shape index (κ1) is 11.5. The molecule has 1 aliphatic carbocycles. The van der Waals surface area contributed by atoms with Gasteiger partial charge in [-0.05, 0) is 37.5 Å². The molecule has 1 aliphatic heterocycles. The number of nitrogens with zero attached hydrogens (tertiary/aromatic N) is 1. The van der Waals surface area contributed by atoms with E-state index in [-0.39, 0.29) is 11.3 Å². The van der Waals surface area contributed by atoms with Gasteiger partial charge in [-0.2, -0.15) is 0 Å². The molecule has 1 unspecified atom stereocenters. The minimum absolute atomic E-state index is 0.00255. The quantitative estimate of drug-likeness (QED) is 0.858. The lowest BCUT2D eigenvalue weighted by atomic mass is 9.95. The zero-order valence-electron chi connectivity index (χ0n) is 10.8. The monoisotopic (exact) mass is 246 g/mol. The standard InChI is InChI=1S/C14H18N2O2/c1-9-13(17)16(2)11-7-10(3-4-12(11)18-9)14(8-15)5-6-14/h3-4,7,9H,5-6,8,15H2,1-2H3. The molecular weight excluding hydrogens is 228 g/mol. The summed E-state index contributed by atoms with van der Waals surface area (Å²) in [6.45, 7) is 2.44. The Labute approximate surface area is 107 Å². The summed E-state index contributed by atoms with van der Waals surface area (Å²) in [5.41, 5.74) is 8.07. The van der Waals surface area contributed by atoms with Crippen LogP contribution in [0, 0.1) is 0 Å². The highest BCUT2D eigenvalue weighted by Crippen LogP contribution is 2.49. The Morgan fingerprint density at radius 2 is 2.22 bits per heavy atom. The maximum Gasteiger partial charge on any atom is 0.267 e. The summed E-state index contributed by atoms with van der Waals surface area (Å²) in [4.78, 5) is 13.6. The molecule has 1 atom stereocenters. The molecule has 1 aromatic rings. The number of carbonyl (C=O) groups excluding carboxylic acids is 1. The summed E-state index contributed by atoms with van der Waals surface area (Å²) in [5.74, 6) is 0.776. The number of likely N-dealkylation sites (N-methyl/N-ethyl adjacent to an activating group) is 1. The molecule has 0 saturated heterocycles. The average Bonchev–Trinajstić information content (AvgIpc) is 3.17. The second kappa shape index (κ2) is 3.72. The van der Waals surface area contributed by atoms with Crippen molar-refractivity contribution in [3.8, 4) is 5.75 Å².